The number of aldehydes is 1. The SMILES string of the molecule is CC(C)CCOCCOc1ccc(Br)c(C=O)c1. The Morgan fingerprint density at radius 3 is 2.72 bits per heavy atom. The maximum atomic E-state index is 10.7. The first-order valence-corrected chi connectivity index (χ1v) is 6.88. The molecule has 0 amide bonds. The van der Waals surface area contributed by atoms with Gasteiger partial charge >= 0.3 is 0 Å². The van der Waals surface area contributed by atoms with Crippen molar-refractivity contribution in [2.45, 2.75) is 20.3 Å². The number of hydrogen-bond acceptors (Lipinski definition) is 3. The van der Waals surface area contributed by atoms with Gasteiger partial charge in [-0.15, -0.1) is 0 Å². The molecule has 1 rings (SSSR count). The van der Waals surface area contributed by atoms with E-state index in [2.05, 4.69) is 29.8 Å². The van der Waals surface area contributed by atoms with Gasteiger partial charge in [-0.05, 0) is 30.5 Å². The van der Waals surface area contributed by atoms with Gasteiger partial charge in [-0.25, -0.2) is 0 Å². The average Bonchev–Trinajstić information content (AvgIpc) is 2.35. The van der Waals surface area contributed by atoms with Crippen molar-refractivity contribution in [1.29, 1.82) is 0 Å². The molecule has 0 spiro atoms. The van der Waals surface area contributed by atoms with Gasteiger partial charge in [0.1, 0.15) is 12.4 Å². The fourth-order valence-corrected chi connectivity index (χ4v) is 1.68. The predicted octanol–water partition coefficient (Wildman–Crippen LogP) is 3.70. The molecule has 0 saturated carbocycles. The summed E-state index contributed by atoms with van der Waals surface area (Å²) in [4.78, 5) is 10.7. The van der Waals surface area contributed by atoms with Gasteiger partial charge in [0.25, 0.3) is 0 Å². The minimum atomic E-state index is 0.498. The van der Waals surface area contributed by atoms with Crippen LogP contribution in [0.1, 0.15) is 30.6 Å². The molecule has 0 heterocycles. The van der Waals surface area contributed by atoms with E-state index in [4.69, 9.17) is 9.47 Å². The second-order valence-electron chi connectivity index (χ2n) is 4.44. The van der Waals surface area contributed by atoms with Gasteiger partial charge < -0.3 is 9.47 Å². The molecule has 0 bridgehead atoms. The zero-order valence-corrected chi connectivity index (χ0v) is 12.4. The van der Waals surface area contributed by atoms with Crippen molar-refractivity contribution in [2.75, 3.05) is 19.8 Å². The molecule has 100 valence electrons. The van der Waals surface area contributed by atoms with Crippen LogP contribution in [-0.4, -0.2) is 26.1 Å². The van der Waals surface area contributed by atoms with Crippen molar-refractivity contribution in [3.8, 4) is 5.75 Å². The lowest BCUT2D eigenvalue weighted by Crippen LogP contribution is -2.08. The van der Waals surface area contributed by atoms with Gasteiger partial charge in [0.15, 0.2) is 6.29 Å². The third-order valence-electron chi connectivity index (χ3n) is 2.43. The molecule has 0 atom stereocenters. The minimum absolute atomic E-state index is 0.498. The Morgan fingerprint density at radius 1 is 1.28 bits per heavy atom. The van der Waals surface area contributed by atoms with Crippen LogP contribution >= 0.6 is 15.9 Å². The van der Waals surface area contributed by atoms with Gasteiger partial charge in [0.05, 0.1) is 6.61 Å². The lowest BCUT2D eigenvalue weighted by molar-refractivity contribution is 0.0925. The highest BCUT2D eigenvalue weighted by atomic mass is 79.9. The van der Waals surface area contributed by atoms with Crippen LogP contribution in [0.25, 0.3) is 0 Å². The molecule has 0 aliphatic carbocycles. The van der Waals surface area contributed by atoms with E-state index in [1.54, 1.807) is 12.1 Å². The van der Waals surface area contributed by atoms with Crippen LogP contribution in [0.15, 0.2) is 22.7 Å². The second-order valence-corrected chi connectivity index (χ2v) is 5.30. The van der Waals surface area contributed by atoms with Crippen molar-refractivity contribution in [1.82, 2.24) is 0 Å². The van der Waals surface area contributed by atoms with Crippen LogP contribution in [0.2, 0.25) is 0 Å². The smallest absolute Gasteiger partial charge is 0.151 e. The lowest BCUT2D eigenvalue weighted by Gasteiger charge is -2.09. The molecule has 0 aromatic heterocycles. The normalized spacial score (nSPS) is 10.7. The monoisotopic (exact) mass is 314 g/mol. The Kier molecular flexibility index (Phi) is 6.98. The van der Waals surface area contributed by atoms with Crippen molar-refractivity contribution in [3.05, 3.63) is 28.2 Å². The minimum Gasteiger partial charge on any atom is -0.491 e. The number of carbonyl (C=O) groups excluding carboxylic acids is 1. The van der Waals surface area contributed by atoms with Gasteiger partial charge in [-0.2, -0.15) is 0 Å². The first-order chi connectivity index (χ1) is 8.63. The van der Waals surface area contributed by atoms with Crippen LogP contribution in [0.4, 0.5) is 0 Å². The summed E-state index contributed by atoms with van der Waals surface area (Å²) in [5.41, 5.74) is 0.591. The number of hydrogen-bond donors (Lipinski definition) is 0. The zero-order valence-electron chi connectivity index (χ0n) is 10.8. The first-order valence-electron chi connectivity index (χ1n) is 6.08. The van der Waals surface area contributed by atoms with E-state index < -0.39 is 0 Å². The summed E-state index contributed by atoms with van der Waals surface area (Å²) in [6.45, 7) is 6.17. The van der Waals surface area contributed by atoms with Gasteiger partial charge in [0, 0.05) is 16.6 Å². The maximum Gasteiger partial charge on any atom is 0.151 e. The van der Waals surface area contributed by atoms with E-state index in [0.717, 1.165) is 23.8 Å². The molecule has 3 nitrogen and oxygen atoms in total. The van der Waals surface area contributed by atoms with E-state index in [1.807, 2.05) is 6.07 Å². The number of halogens is 1. The van der Waals surface area contributed by atoms with Crippen molar-refractivity contribution in [2.24, 2.45) is 5.92 Å². The quantitative estimate of drug-likeness (QED) is 0.542. The summed E-state index contributed by atoms with van der Waals surface area (Å²) in [6.07, 6.45) is 1.86. The molecule has 0 N–H and O–H groups in total. The summed E-state index contributed by atoms with van der Waals surface area (Å²) in [5, 5.41) is 0. The number of rotatable bonds is 8. The number of ether oxygens (including phenoxy) is 2. The van der Waals surface area contributed by atoms with E-state index in [9.17, 15) is 4.79 Å². The van der Waals surface area contributed by atoms with E-state index in [1.165, 1.54) is 0 Å². The van der Waals surface area contributed by atoms with Crippen LogP contribution in [0.5, 0.6) is 5.75 Å². The van der Waals surface area contributed by atoms with Crippen molar-refractivity contribution < 1.29 is 14.3 Å². The Bertz CT molecular complexity index is 377. The fourth-order valence-electron chi connectivity index (χ4n) is 1.34. The molecule has 0 aliphatic heterocycles. The summed E-state index contributed by atoms with van der Waals surface area (Å²) in [6, 6.07) is 5.34. The molecule has 0 saturated heterocycles. The summed E-state index contributed by atoms with van der Waals surface area (Å²) >= 11 is 3.29. The standard InChI is InChI=1S/C14H19BrO3/c1-11(2)5-6-17-7-8-18-13-3-4-14(15)12(9-13)10-16/h3-4,9-11H,5-8H2,1-2H3. The molecule has 4 heteroatoms. The third kappa shape index (κ3) is 5.65. The topological polar surface area (TPSA) is 35.5 Å². The van der Waals surface area contributed by atoms with Crippen LogP contribution in [0.3, 0.4) is 0 Å². The first kappa shape index (κ1) is 15.2. The van der Waals surface area contributed by atoms with Crippen LogP contribution in [-0.2, 0) is 4.74 Å². The fraction of sp³-hybridized carbons (Fsp3) is 0.500. The van der Waals surface area contributed by atoms with Gasteiger partial charge in [-0.1, -0.05) is 29.8 Å². The van der Waals surface area contributed by atoms with E-state index in [0.29, 0.717) is 30.4 Å². The molecule has 0 unspecified atom stereocenters. The van der Waals surface area contributed by atoms with E-state index >= 15 is 0 Å². The molecule has 1 aromatic carbocycles. The number of benzene rings is 1. The maximum absolute atomic E-state index is 10.7. The van der Waals surface area contributed by atoms with Gasteiger partial charge in [-0.3, -0.25) is 4.79 Å². The molecule has 18 heavy (non-hydrogen) atoms. The van der Waals surface area contributed by atoms with Crippen LogP contribution < -0.4 is 4.74 Å². The summed E-state index contributed by atoms with van der Waals surface area (Å²) in [7, 11) is 0. The molecule has 0 radical (unpaired) electrons. The Hall–Kier alpha value is -0.870. The summed E-state index contributed by atoms with van der Waals surface area (Å²) < 4.78 is 11.7. The lowest BCUT2D eigenvalue weighted by atomic mass is 10.1. The zero-order chi connectivity index (χ0) is 13.4. The molecular weight excluding hydrogens is 296 g/mol. The highest BCUT2D eigenvalue weighted by Crippen LogP contribution is 2.21. The summed E-state index contributed by atoms with van der Waals surface area (Å²) in [5.74, 6) is 1.35. The average molecular weight is 315 g/mol. The largest absolute Gasteiger partial charge is 0.491 e. The highest BCUT2D eigenvalue weighted by Gasteiger charge is 2.01. The molecular formula is C14H19BrO3. The number of carbonyl (C=O) groups is 1. The Balaban J connectivity index is 2.25. The van der Waals surface area contributed by atoms with Crippen LogP contribution in [0, 0.1) is 5.92 Å². The highest BCUT2D eigenvalue weighted by molar-refractivity contribution is 9.10. The molecule has 1 aromatic rings. The van der Waals surface area contributed by atoms with E-state index in [-0.39, 0.29) is 0 Å². The van der Waals surface area contributed by atoms with Crippen molar-refractivity contribution >= 4 is 22.2 Å². The Labute approximate surface area is 117 Å². The predicted molar refractivity (Wildman–Crippen MR) is 75.3 cm³/mol. The molecule has 0 fully saturated rings. The third-order valence-corrected chi connectivity index (χ3v) is 3.15. The Morgan fingerprint density at radius 2 is 2.06 bits per heavy atom. The molecule has 0 aliphatic rings. The second kappa shape index (κ2) is 8.27. The van der Waals surface area contributed by atoms with Gasteiger partial charge in [0.2, 0.25) is 0 Å². The van der Waals surface area contributed by atoms with Crippen molar-refractivity contribution in [3.63, 3.8) is 0 Å².